The highest BCUT2D eigenvalue weighted by Crippen LogP contribution is 2.19. The second-order valence-electron chi connectivity index (χ2n) is 4.99. The van der Waals surface area contributed by atoms with Gasteiger partial charge in [-0.2, -0.15) is 0 Å². The van der Waals surface area contributed by atoms with Crippen molar-refractivity contribution < 1.29 is 9.50 Å². The van der Waals surface area contributed by atoms with E-state index in [0.717, 1.165) is 38.2 Å². The summed E-state index contributed by atoms with van der Waals surface area (Å²) in [5.74, 6) is -0.275. The van der Waals surface area contributed by atoms with Crippen LogP contribution in [0.15, 0.2) is 24.3 Å². The highest BCUT2D eigenvalue weighted by Gasteiger charge is 2.18. The van der Waals surface area contributed by atoms with Crippen LogP contribution in [-0.4, -0.2) is 42.2 Å². The molecule has 1 aromatic rings. The van der Waals surface area contributed by atoms with Gasteiger partial charge in [0.25, 0.3) is 0 Å². The minimum absolute atomic E-state index is 0.00368. The summed E-state index contributed by atoms with van der Waals surface area (Å²) in [6, 6.07) is 6.07. The fourth-order valence-corrected chi connectivity index (χ4v) is 2.32. The lowest BCUT2D eigenvalue weighted by Gasteiger charge is -2.25. The largest absolute Gasteiger partial charge is 0.387 e. The summed E-state index contributed by atoms with van der Waals surface area (Å²) in [5.41, 5.74) is 0.758. The first kappa shape index (κ1) is 17.1. The Morgan fingerprint density at radius 1 is 1.15 bits per heavy atom. The molecule has 1 aromatic carbocycles. The summed E-state index contributed by atoms with van der Waals surface area (Å²) in [7, 11) is 0. The molecule has 0 bridgehead atoms. The van der Waals surface area contributed by atoms with Gasteiger partial charge in [0, 0.05) is 19.1 Å². The number of aliphatic hydroxyl groups excluding tert-OH is 1. The van der Waals surface area contributed by atoms with Crippen LogP contribution in [0.25, 0.3) is 0 Å². The molecule has 0 saturated carbocycles. The van der Waals surface area contributed by atoms with Gasteiger partial charge >= 0.3 is 0 Å². The molecular weight excluding hydrogens is 255 g/mol. The van der Waals surface area contributed by atoms with Crippen LogP contribution in [0.1, 0.15) is 38.9 Å². The standard InChI is InChI=1S/C16H27FN2O/c1-4-15(18-11-12-19(5-2)6-3)16(20)13-7-9-14(17)10-8-13/h7-10,15-16,18,20H,4-6,11-12H2,1-3H3. The van der Waals surface area contributed by atoms with Crippen molar-refractivity contribution in [3.05, 3.63) is 35.6 Å². The molecule has 1 rings (SSSR count). The number of halogens is 1. The Labute approximate surface area is 121 Å². The van der Waals surface area contributed by atoms with E-state index in [9.17, 15) is 9.50 Å². The molecule has 0 aliphatic rings. The quantitative estimate of drug-likeness (QED) is 0.731. The molecule has 2 atom stereocenters. The van der Waals surface area contributed by atoms with Crippen molar-refractivity contribution in [2.24, 2.45) is 0 Å². The van der Waals surface area contributed by atoms with Gasteiger partial charge in [0.1, 0.15) is 5.82 Å². The first-order chi connectivity index (χ1) is 9.62. The molecule has 0 radical (unpaired) electrons. The Morgan fingerprint density at radius 3 is 2.25 bits per heavy atom. The molecule has 20 heavy (non-hydrogen) atoms. The predicted molar refractivity (Wildman–Crippen MR) is 81.2 cm³/mol. The highest BCUT2D eigenvalue weighted by atomic mass is 19.1. The lowest BCUT2D eigenvalue weighted by molar-refractivity contribution is 0.123. The zero-order valence-corrected chi connectivity index (χ0v) is 12.8. The minimum atomic E-state index is -0.600. The van der Waals surface area contributed by atoms with Crippen LogP contribution < -0.4 is 5.32 Å². The topological polar surface area (TPSA) is 35.5 Å². The smallest absolute Gasteiger partial charge is 0.123 e. The minimum Gasteiger partial charge on any atom is -0.387 e. The van der Waals surface area contributed by atoms with Gasteiger partial charge in [0.05, 0.1) is 6.10 Å². The third kappa shape index (κ3) is 5.19. The lowest BCUT2D eigenvalue weighted by Crippen LogP contribution is -2.40. The maximum absolute atomic E-state index is 12.9. The molecule has 0 spiro atoms. The number of hydrogen-bond acceptors (Lipinski definition) is 3. The maximum atomic E-state index is 12.9. The van der Waals surface area contributed by atoms with Crippen LogP contribution in [0.2, 0.25) is 0 Å². The van der Waals surface area contributed by atoms with E-state index in [4.69, 9.17) is 0 Å². The second kappa shape index (κ2) is 9.06. The molecule has 0 amide bonds. The Bertz CT molecular complexity index is 365. The lowest BCUT2D eigenvalue weighted by atomic mass is 10.0. The second-order valence-corrected chi connectivity index (χ2v) is 4.99. The molecule has 0 aliphatic carbocycles. The molecule has 0 fully saturated rings. The first-order valence-corrected chi connectivity index (χ1v) is 7.51. The molecule has 3 nitrogen and oxygen atoms in total. The molecule has 0 aromatic heterocycles. The number of hydrogen-bond donors (Lipinski definition) is 2. The predicted octanol–water partition coefficient (Wildman–Crippen LogP) is 2.57. The number of nitrogens with one attached hydrogen (secondary N) is 1. The zero-order chi connectivity index (χ0) is 15.0. The van der Waals surface area contributed by atoms with Crippen LogP contribution in [0.4, 0.5) is 4.39 Å². The van der Waals surface area contributed by atoms with Gasteiger partial charge in [0.2, 0.25) is 0 Å². The van der Waals surface area contributed by atoms with Crippen LogP contribution in [0.3, 0.4) is 0 Å². The van der Waals surface area contributed by atoms with Gasteiger partial charge in [-0.05, 0) is 37.2 Å². The van der Waals surface area contributed by atoms with E-state index < -0.39 is 6.10 Å². The van der Waals surface area contributed by atoms with Crippen molar-refractivity contribution in [2.45, 2.75) is 39.3 Å². The Kier molecular flexibility index (Phi) is 7.73. The fraction of sp³-hybridized carbons (Fsp3) is 0.625. The number of benzene rings is 1. The number of aliphatic hydroxyl groups is 1. The van der Waals surface area contributed by atoms with Crippen LogP contribution in [-0.2, 0) is 0 Å². The van der Waals surface area contributed by atoms with Gasteiger partial charge in [-0.25, -0.2) is 4.39 Å². The monoisotopic (exact) mass is 282 g/mol. The summed E-state index contributed by atoms with van der Waals surface area (Å²) in [4.78, 5) is 2.34. The van der Waals surface area contributed by atoms with E-state index in [1.165, 1.54) is 12.1 Å². The van der Waals surface area contributed by atoms with Crippen molar-refractivity contribution >= 4 is 0 Å². The average molecular weight is 282 g/mol. The molecule has 114 valence electrons. The van der Waals surface area contributed by atoms with Gasteiger partial charge < -0.3 is 15.3 Å². The third-order valence-corrected chi connectivity index (χ3v) is 3.76. The van der Waals surface area contributed by atoms with E-state index in [-0.39, 0.29) is 11.9 Å². The van der Waals surface area contributed by atoms with E-state index in [0.29, 0.717) is 0 Å². The van der Waals surface area contributed by atoms with E-state index in [1.54, 1.807) is 12.1 Å². The maximum Gasteiger partial charge on any atom is 0.123 e. The zero-order valence-electron chi connectivity index (χ0n) is 12.8. The normalized spacial score (nSPS) is 14.5. The molecule has 2 unspecified atom stereocenters. The number of rotatable bonds is 9. The molecule has 0 aliphatic heterocycles. The number of likely N-dealkylation sites (N-methyl/N-ethyl adjacent to an activating group) is 1. The third-order valence-electron chi connectivity index (χ3n) is 3.76. The summed E-state index contributed by atoms with van der Waals surface area (Å²) in [5, 5.41) is 13.7. The van der Waals surface area contributed by atoms with E-state index in [1.807, 2.05) is 6.92 Å². The Balaban J connectivity index is 2.50. The SMILES string of the molecule is CCC(NCCN(CC)CC)C(O)c1ccc(F)cc1. The van der Waals surface area contributed by atoms with Crippen LogP contribution in [0, 0.1) is 5.82 Å². The summed E-state index contributed by atoms with van der Waals surface area (Å²) in [6.45, 7) is 10.2. The summed E-state index contributed by atoms with van der Waals surface area (Å²) in [6.07, 6.45) is 0.230. The Morgan fingerprint density at radius 2 is 1.75 bits per heavy atom. The molecule has 0 heterocycles. The van der Waals surface area contributed by atoms with Crippen molar-refractivity contribution in [3.8, 4) is 0 Å². The average Bonchev–Trinajstić information content (AvgIpc) is 2.48. The molecule has 4 heteroatoms. The van der Waals surface area contributed by atoms with E-state index in [2.05, 4.69) is 24.1 Å². The fourth-order valence-electron chi connectivity index (χ4n) is 2.32. The van der Waals surface area contributed by atoms with Crippen LogP contribution in [0.5, 0.6) is 0 Å². The highest BCUT2D eigenvalue weighted by molar-refractivity contribution is 5.19. The van der Waals surface area contributed by atoms with Gasteiger partial charge in [-0.15, -0.1) is 0 Å². The van der Waals surface area contributed by atoms with E-state index >= 15 is 0 Å². The Hall–Kier alpha value is -0.970. The number of nitrogens with zero attached hydrogens (tertiary/aromatic N) is 1. The van der Waals surface area contributed by atoms with Gasteiger partial charge in [0.15, 0.2) is 0 Å². The van der Waals surface area contributed by atoms with Crippen molar-refractivity contribution in [1.82, 2.24) is 10.2 Å². The van der Waals surface area contributed by atoms with Gasteiger partial charge in [-0.3, -0.25) is 0 Å². The molecule has 0 saturated heterocycles. The summed E-state index contributed by atoms with van der Waals surface area (Å²) >= 11 is 0. The molecule has 2 N–H and O–H groups in total. The first-order valence-electron chi connectivity index (χ1n) is 7.51. The van der Waals surface area contributed by atoms with Crippen molar-refractivity contribution in [1.29, 1.82) is 0 Å². The summed E-state index contributed by atoms with van der Waals surface area (Å²) < 4.78 is 12.9. The van der Waals surface area contributed by atoms with Crippen LogP contribution >= 0.6 is 0 Å². The van der Waals surface area contributed by atoms with Gasteiger partial charge in [-0.1, -0.05) is 32.9 Å². The molecular formula is C16H27FN2O. The van der Waals surface area contributed by atoms with Crippen molar-refractivity contribution in [2.75, 3.05) is 26.2 Å². The van der Waals surface area contributed by atoms with Crippen molar-refractivity contribution in [3.63, 3.8) is 0 Å².